The molecule has 0 atom stereocenters. The van der Waals surface area contributed by atoms with E-state index in [9.17, 15) is 4.79 Å². The summed E-state index contributed by atoms with van der Waals surface area (Å²) in [5, 5.41) is 8.60. The number of anilines is 1. The molecule has 190 valence electrons. The van der Waals surface area contributed by atoms with Gasteiger partial charge >= 0.3 is 0 Å². The molecular weight excluding hydrogens is 462 g/mol. The summed E-state index contributed by atoms with van der Waals surface area (Å²) in [4.78, 5) is 24.1. The van der Waals surface area contributed by atoms with Crippen molar-refractivity contribution in [2.45, 2.75) is 65.0 Å². The smallest absolute Gasteiger partial charge is 0.233 e. The SMILES string of the molecule is CCC(N)(CC)c1cn(-c2ccc(CN3C(=O)Cc4cnc(-c5ccccc5C(C)C)nc43)cc2)nn1. The average molecular weight is 496 g/mol. The van der Waals surface area contributed by atoms with Gasteiger partial charge in [-0.15, -0.1) is 5.10 Å². The van der Waals surface area contributed by atoms with Crippen molar-refractivity contribution in [3.05, 3.63) is 83.3 Å². The van der Waals surface area contributed by atoms with Gasteiger partial charge in [0.2, 0.25) is 5.91 Å². The third-order valence-corrected chi connectivity index (χ3v) is 7.37. The molecule has 2 aromatic carbocycles. The van der Waals surface area contributed by atoms with E-state index in [-0.39, 0.29) is 5.91 Å². The Morgan fingerprint density at radius 2 is 1.78 bits per heavy atom. The largest absolute Gasteiger partial charge is 0.320 e. The highest BCUT2D eigenvalue weighted by Crippen LogP contribution is 2.33. The molecule has 8 nitrogen and oxygen atoms in total. The van der Waals surface area contributed by atoms with Crippen LogP contribution in [0.1, 0.15) is 68.8 Å². The van der Waals surface area contributed by atoms with Gasteiger partial charge in [-0.2, -0.15) is 0 Å². The zero-order valence-electron chi connectivity index (χ0n) is 21.8. The third-order valence-electron chi connectivity index (χ3n) is 7.37. The topological polar surface area (TPSA) is 103 Å². The summed E-state index contributed by atoms with van der Waals surface area (Å²) >= 11 is 0. The number of hydrogen-bond acceptors (Lipinski definition) is 6. The first-order valence-corrected chi connectivity index (χ1v) is 12.9. The summed E-state index contributed by atoms with van der Waals surface area (Å²) in [6.07, 6.45) is 5.59. The number of benzene rings is 2. The fraction of sp³-hybridized carbons (Fsp3) is 0.345. The number of nitrogens with two attached hydrogens (primary N) is 1. The van der Waals surface area contributed by atoms with E-state index in [4.69, 9.17) is 10.7 Å². The van der Waals surface area contributed by atoms with Crippen molar-refractivity contribution in [2.75, 3.05) is 4.90 Å². The van der Waals surface area contributed by atoms with Crippen LogP contribution >= 0.6 is 0 Å². The van der Waals surface area contributed by atoms with E-state index in [0.29, 0.717) is 30.5 Å². The van der Waals surface area contributed by atoms with Crippen LogP contribution < -0.4 is 10.6 Å². The monoisotopic (exact) mass is 495 g/mol. The first-order chi connectivity index (χ1) is 17.8. The lowest BCUT2D eigenvalue weighted by Crippen LogP contribution is -2.35. The standard InChI is InChI=1S/C29H33N7O/c1-5-29(30,6-2)25-18-36(34-33-25)22-13-11-20(12-14-22)17-35-26(37)15-21-16-31-27(32-28(21)35)24-10-8-7-9-23(24)19(3)4/h7-14,16,18-19H,5-6,15,17,30H2,1-4H3. The molecule has 4 aromatic rings. The molecule has 0 saturated heterocycles. The van der Waals surface area contributed by atoms with E-state index >= 15 is 0 Å². The molecule has 0 saturated carbocycles. The number of rotatable bonds is 8. The van der Waals surface area contributed by atoms with Crippen LogP contribution in [0.25, 0.3) is 17.1 Å². The first-order valence-electron chi connectivity index (χ1n) is 12.9. The molecule has 2 N–H and O–H groups in total. The van der Waals surface area contributed by atoms with Crippen molar-refractivity contribution in [3.63, 3.8) is 0 Å². The minimum absolute atomic E-state index is 0.0296. The highest BCUT2D eigenvalue weighted by molar-refractivity contribution is 6.00. The Labute approximate surface area is 217 Å². The van der Waals surface area contributed by atoms with Crippen LogP contribution in [-0.2, 0) is 23.3 Å². The number of carbonyl (C=O) groups is 1. The molecular formula is C29H33N7O. The number of carbonyl (C=O) groups excluding carboxylic acids is 1. The zero-order chi connectivity index (χ0) is 26.2. The van der Waals surface area contributed by atoms with Crippen LogP contribution in [0.2, 0.25) is 0 Å². The van der Waals surface area contributed by atoms with E-state index in [1.807, 2.05) is 48.7 Å². The average Bonchev–Trinajstić information content (AvgIpc) is 3.54. The molecule has 0 fully saturated rings. The van der Waals surface area contributed by atoms with Gasteiger partial charge < -0.3 is 5.73 Å². The second-order valence-electron chi connectivity index (χ2n) is 10.0. The number of amides is 1. The zero-order valence-corrected chi connectivity index (χ0v) is 21.8. The van der Waals surface area contributed by atoms with Crippen LogP contribution in [-0.4, -0.2) is 30.9 Å². The normalized spacial score (nSPS) is 13.5. The van der Waals surface area contributed by atoms with Gasteiger partial charge in [0.1, 0.15) is 11.5 Å². The van der Waals surface area contributed by atoms with Gasteiger partial charge in [0.25, 0.3) is 0 Å². The first kappa shape index (κ1) is 24.8. The van der Waals surface area contributed by atoms with Crippen LogP contribution in [0.15, 0.2) is 60.9 Å². The molecule has 5 rings (SSSR count). The number of fused-ring (bicyclic) bond motifs is 1. The maximum atomic E-state index is 12.9. The molecule has 37 heavy (non-hydrogen) atoms. The maximum Gasteiger partial charge on any atom is 0.233 e. The third kappa shape index (κ3) is 4.64. The molecule has 8 heteroatoms. The predicted octanol–water partition coefficient (Wildman–Crippen LogP) is 4.91. The highest BCUT2D eigenvalue weighted by Gasteiger charge is 2.30. The molecule has 3 heterocycles. The lowest BCUT2D eigenvalue weighted by Gasteiger charge is -2.23. The number of nitrogens with zero attached hydrogens (tertiary/aromatic N) is 6. The van der Waals surface area contributed by atoms with Gasteiger partial charge in [0.15, 0.2) is 5.82 Å². The van der Waals surface area contributed by atoms with Gasteiger partial charge in [-0.25, -0.2) is 14.6 Å². The fourth-order valence-electron chi connectivity index (χ4n) is 4.80. The fourth-order valence-corrected chi connectivity index (χ4v) is 4.80. The Morgan fingerprint density at radius 1 is 1.05 bits per heavy atom. The van der Waals surface area contributed by atoms with Crippen LogP contribution in [0, 0.1) is 0 Å². The highest BCUT2D eigenvalue weighted by atomic mass is 16.2. The van der Waals surface area contributed by atoms with E-state index in [0.717, 1.165) is 40.9 Å². The molecule has 2 aromatic heterocycles. The van der Waals surface area contributed by atoms with Crippen molar-refractivity contribution < 1.29 is 4.79 Å². The van der Waals surface area contributed by atoms with Crippen LogP contribution in [0.3, 0.4) is 0 Å². The predicted molar refractivity (Wildman–Crippen MR) is 144 cm³/mol. The molecule has 0 unspecified atom stereocenters. The van der Waals surface area contributed by atoms with E-state index < -0.39 is 5.54 Å². The molecule has 0 spiro atoms. The Bertz CT molecular complexity index is 1420. The Balaban J connectivity index is 1.39. The van der Waals surface area contributed by atoms with Gasteiger partial charge in [0, 0.05) is 17.3 Å². The van der Waals surface area contributed by atoms with E-state index in [1.165, 1.54) is 5.56 Å². The summed E-state index contributed by atoms with van der Waals surface area (Å²) in [5.41, 5.74) is 11.7. The van der Waals surface area contributed by atoms with Crippen LogP contribution in [0.4, 0.5) is 5.82 Å². The maximum absolute atomic E-state index is 12.9. The van der Waals surface area contributed by atoms with Crippen molar-refractivity contribution in [2.24, 2.45) is 5.73 Å². The van der Waals surface area contributed by atoms with Crippen LogP contribution in [0.5, 0.6) is 0 Å². The molecule has 1 amide bonds. The van der Waals surface area contributed by atoms with Crippen molar-refractivity contribution in [1.29, 1.82) is 0 Å². The minimum Gasteiger partial charge on any atom is -0.320 e. The van der Waals surface area contributed by atoms with Crippen molar-refractivity contribution in [1.82, 2.24) is 25.0 Å². The molecule has 0 bridgehead atoms. The van der Waals surface area contributed by atoms with E-state index in [2.05, 4.69) is 49.1 Å². The molecule has 0 aliphatic carbocycles. The number of hydrogen-bond donors (Lipinski definition) is 1. The Hall–Kier alpha value is -3.91. The summed E-state index contributed by atoms with van der Waals surface area (Å²) in [5.74, 6) is 1.71. The van der Waals surface area contributed by atoms with Gasteiger partial charge in [-0.05, 0) is 42.0 Å². The molecule has 0 radical (unpaired) electrons. The quantitative estimate of drug-likeness (QED) is 0.373. The number of aromatic nitrogens is 5. The Morgan fingerprint density at radius 3 is 2.49 bits per heavy atom. The van der Waals surface area contributed by atoms with Crippen molar-refractivity contribution in [3.8, 4) is 17.1 Å². The van der Waals surface area contributed by atoms with Gasteiger partial charge in [0.05, 0.1) is 30.4 Å². The summed E-state index contributed by atoms with van der Waals surface area (Å²) in [6, 6.07) is 16.2. The second kappa shape index (κ2) is 9.86. The lowest BCUT2D eigenvalue weighted by atomic mass is 9.91. The molecule has 1 aliphatic rings. The van der Waals surface area contributed by atoms with Gasteiger partial charge in [-0.1, -0.05) is 69.3 Å². The second-order valence-corrected chi connectivity index (χ2v) is 10.0. The minimum atomic E-state index is -0.474. The summed E-state index contributed by atoms with van der Waals surface area (Å²) < 4.78 is 1.74. The van der Waals surface area contributed by atoms with E-state index in [1.54, 1.807) is 15.8 Å². The summed E-state index contributed by atoms with van der Waals surface area (Å²) in [7, 11) is 0. The Kier molecular flexibility index (Phi) is 6.60. The summed E-state index contributed by atoms with van der Waals surface area (Å²) in [6.45, 7) is 8.88. The van der Waals surface area contributed by atoms with Crippen molar-refractivity contribution >= 4 is 11.7 Å². The lowest BCUT2D eigenvalue weighted by molar-refractivity contribution is -0.117. The van der Waals surface area contributed by atoms with Gasteiger partial charge in [-0.3, -0.25) is 9.69 Å². The molecule has 1 aliphatic heterocycles.